The van der Waals surface area contributed by atoms with Crippen molar-refractivity contribution in [1.29, 1.82) is 0 Å². The van der Waals surface area contributed by atoms with Crippen molar-refractivity contribution >= 4 is 5.71 Å². The van der Waals surface area contributed by atoms with Crippen LogP contribution >= 0.6 is 0 Å². The molecule has 0 rings (SSSR count). The van der Waals surface area contributed by atoms with E-state index in [9.17, 15) is 0 Å². The molecule has 0 fully saturated rings. The molecule has 0 N–H and O–H groups in total. The lowest BCUT2D eigenvalue weighted by atomic mass is 10.1. The van der Waals surface area contributed by atoms with Crippen molar-refractivity contribution in [2.45, 2.75) is 52.4 Å². The fraction of sp³-hybridized carbons (Fsp3) is 0.750. The van der Waals surface area contributed by atoms with E-state index in [4.69, 9.17) is 0 Å². The monoisotopic (exact) mass is 181 g/mol. The average Bonchev–Trinajstić information content (AvgIpc) is 2.16. The van der Waals surface area contributed by atoms with Crippen molar-refractivity contribution in [3.63, 3.8) is 0 Å². The lowest BCUT2D eigenvalue weighted by Gasteiger charge is -1.98. The number of unbranched alkanes of at least 4 members (excludes halogenated alkanes) is 4. The van der Waals surface area contributed by atoms with Gasteiger partial charge in [-0.1, -0.05) is 25.8 Å². The molecule has 0 saturated carbocycles. The maximum absolute atomic E-state index is 4.46. The molecule has 0 amide bonds. The van der Waals surface area contributed by atoms with Crippen LogP contribution in [0.15, 0.2) is 17.6 Å². The van der Waals surface area contributed by atoms with Crippen LogP contribution in [0.3, 0.4) is 0 Å². The minimum Gasteiger partial charge on any atom is -0.294 e. The molecule has 13 heavy (non-hydrogen) atoms. The van der Waals surface area contributed by atoms with Crippen LogP contribution in [-0.4, -0.2) is 12.3 Å². The van der Waals surface area contributed by atoms with Gasteiger partial charge in [-0.05, 0) is 32.6 Å². The van der Waals surface area contributed by atoms with E-state index in [1.807, 2.05) is 6.08 Å². The standard InChI is InChI=1S/C12H23N/c1-4-6-7-8-9-10-11-13-12(3)5-2/h4H,1,5-11H2,2-3H3/b13-12+. The first kappa shape index (κ1) is 12.4. The first-order valence-electron chi connectivity index (χ1n) is 5.42. The van der Waals surface area contributed by atoms with E-state index in [1.165, 1.54) is 31.4 Å². The molecule has 1 nitrogen and oxygen atoms in total. The predicted octanol–water partition coefficient (Wildman–Crippen LogP) is 3.99. The number of aliphatic imine (C=N–C) groups is 1. The van der Waals surface area contributed by atoms with Gasteiger partial charge in [0.2, 0.25) is 0 Å². The smallest absolute Gasteiger partial charge is 0.0388 e. The summed E-state index contributed by atoms with van der Waals surface area (Å²) in [5.74, 6) is 0. The molecule has 0 aromatic carbocycles. The van der Waals surface area contributed by atoms with Crippen LogP contribution < -0.4 is 0 Å². The van der Waals surface area contributed by atoms with Gasteiger partial charge in [0.25, 0.3) is 0 Å². The Balaban J connectivity index is 3.12. The first-order valence-corrected chi connectivity index (χ1v) is 5.42. The van der Waals surface area contributed by atoms with Gasteiger partial charge in [-0.2, -0.15) is 0 Å². The van der Waals surface area contributed by atoms with Crippen molar-refractivity contribution in [3.8, 4) is 0 Å². The van der Waals surface area contributed by atoms with E-state index in [-0.39, 0.29) is 0 Å². The van der Waals surface area contributed by atoms with Gasteiger partial charge < -0.3 is 0 Å². The molecule has 0 aromatic heterocycles. The molecular weight excluding hydrogens is 158 g/mol. The molecular formula is C12H23N. The normalized spacial score (nSPS) is 11.7. The highest BCUT2D eigenvalue weighted by Crippen LogP contribution is 2.03. The second-order valence-corrected chi connectivity index (χ2v) is 3.46. The van der Waals surface area contributed by atoms with Crippen LogP contribution in [0, 0.1) is 0 Å². The van der Waals surface area contributed by atoms with E-state index in [0.29, 0.717) is 0 Å². The van der Waals surface area contributed by atoms with Crippen LogP contribution in [0.2, 0.25) is 0 Å². The molecule has 0 bridgehead atoms. The fourth-order valence-corrected chi connectivity index (χ4v) is 1.14. The zero-order valence-electron chi connectivity index (χ0n) is 9.18. The van der Waals surface area contributed by atoms with Crippen LogP contribution in [0.4, 0.5) is 0 Å². The second-order valence-electron chi connectivity index (χ2n) is 3.46. The summed E-state index contributed by atoms with van der Waals surface area (Å²) in [6, 6.07) is 0. The maximum Gasteiger partial charge on any atom is 0.0388 e. The van der Waals surface area contributed by atoms with E-state index >= 15 is 0 Å². The molecule has 76 valence electrons. The lowest BCUT2D eigenvalue weighted by Crippen LogP contribution is -1.90. The molecule has 0 heterocycles. The Morgan fingerprint density at radius 1 is 1.23 bits per heavy atom. The summed E-state index contributed by atoms with van der Waals surface area (Å²) in [7, 11) is 0. The van der Waals surface area contributed by atoms with Crippen LogP contribution in [-0.2, 0) is 0 Å². The quantitative estimate of drug-likeness (QED) is 0.305. The Hall–Kier alpha value is -0.590. The van der Waals surface area contributed by atoms with Crippen LogP contribution in [0.1, 0.15) is 52.4 Å². The Morgan fingerprint density at radius 3 is 2.54 bits per heavy atom. The zero-order chi connectivity index (χ0) is 9.94. The van der Waals surface area contributed by atoms with Gasteiger partial charge >= 0.3 is 0 Å². The third-order valence-corrected chi connectivity index (χ3v) is 2.21. The first-order chi connectivity index (χ1) is 6.31. The fourth-order valence-electron chi connectivity index (χ4n) is 1.14. The van der Waals surface area contributed by atoms with Gasteiger partial charge in [0.15, 0.2) is 0 Å². The molecule has 0 atom stereocenters. The van der Waals surface area contributed by atoms with Gasteiger partial charge in [0.1, 0.15) is 0 Å². The number of allylic oxidation sites excluding steroid dienone is 1. The molecule has 1 heteroatoms. The number of rotatable bonds is 8. The number of nitrogens with zero attached hydrogens (tertiary/aromatic N) is 1. The lowest BCUT2D eigenvalue weighted by molar-refractivity contribution is 0.653. The van der Waals surface area contributed by atoms with E-state index < -0.39 is 0 Å². The SMILES string of the molecule is C=CCCCCCC/N=C(\C)CC. The topological polar surface area (TPSA) is 12.4 Å². The average molecular weight is 181 g/mol. The zero-order valence-corrected chi connectivity index (χ0v) is 9.18. The summed E-state index contributed by atoms with van der Waals surface area (Å²) in [4.78, 5) is 4.46. The summed E-state index contributed by atoms with van der Waals surface area (Å²) in [6.07, 6.45) is 9.43. The molecule has 0 aliphatic rings. The minimum absolute atomic E-state index is 1.02. The van der Waals surface area contributed by atoms with Gasteiger partial charge in [0, 0.05) is 12.3 Å². The third kappa shape index (κ3) is 9.32. The van der Waals surface area contributed by atoms with Crippen molar-refractivity contribution in [2.75, 3.05) is 6.54 Å². The highest BCUT2D eigenvalue weighted by molar-refractivity contribution is 5.81. The Bertz CT molecular complexity index is 147. The van der Waals surface area contributed by atoms with Crippen molar-refractivity contribution < 1.29 is 0 Å². The van der Waals surface area contributed by atoms with Gasteiger partial charge in [-0.15, -0.1) is 6.58 Å². The van der Waals surface area contributed by atoms with Crippen molar-refractivity contribution in [1.82, 2.24) is 0 Å². The van der Waals surface area contributed by atoms with Crippen LogP contribution in [0.5, 0.6) is 0 Å². The second kappa shape index (κ2) is 9.50. The molecule has 0 saturated heterocycles. The van der Waals surface area contributed by atoms with Crippen molar-refractivity contribution in [2.24, 2.45) is 4.99 Å². The summed E-state index contributed by atoms with van der Waals surface area (Å²) >= 11 is 0. The third-order valence-electron chi connectivity index (χ3n) is 2.21. The maximum atomic E-state index is 4.46. The summed E-state index contributed by atoms with van der Waals surface area (Å²) in [5.41, 5.74) is 1.28. The van der Waals surface area contributed by atoms with Gasteiger partial charge in [-0.25, -0.2) is 0 Å². The van der Waals surface area contributed by atoms with Crippen molar-refractivity contribution in [3.05, 3.63) is 12.7 Å². The predicted molar refractivity (Wildman–Crippen MR) is 61.5 cm³/mol. The molecule has 0 aliphatic carbocycles. The van der Waals surface area contributed by atoms with E-state index in [0.717, 1.165) is 19.4 Å². The number of hydrogen-bond donors (Lipinski definition) is 0. The Kier molecular flexibility index (Phi) is 9.07. The highest BCUT2D eigenvalue weighted by atomic mass is 14.7. The summed E-state index contributed by atoms with van der Waals surface area (Å²) in [5, 5.41) is 0. The van der Waals surface area contributed by atoms with Gasteiger partial charge in [0.05, 0.1) is 0 Å². The summed E-state index contributed by atoms with van der Waals surface area (Å²) < 4.78 is 0. The Morgan fingerprint density at radius 2 is 1.92 bits per heavy atom. The summed E-state index contributed by atoms with van der Waals surface area (Å²) in [6.45, 7) is 8.99. The van der Waals surface area contributed by atoms with Gasteiger partial charge in [-0.3, -0.25) is 4.99 Å². The largest absolute Gasteiger partial charge is 0.294 e. The van der Waals surface area contributed by atoms with E-state index in [2.05, 4.69) is 25.4 Å². The van der Waals surface area contributed by atoms with Crippen LogP contribution in [0.25, 0.3) is 0 Å². The number of hydrogen-bond acceptors (Lipinski definition) is 1. The molecule has 0 spiro atoms. The molecule has 0 aromatic rings. The highest BCUT2D eigenvalue weighted by Gasteiger charge is 1.88. The Labute approximate surface area is 83.0 Å². The van der Waals surface area contributed by atoms with E-state index in [1.54, 1.807) is 0 Å². The molecule has 0 unspecified atom stereocenters. The molecule has 0 aliphatic heterocycles. The molecule has 0 radical (unpaired) electrons. The minimum atomic E-state index is 1.02.